The smallest absolute Gasteiger partial charge is 0.361 e. The van der Waals surface area contributed by atoms with Crippen LogP contribution in [-0.2, 0) is 20.3 Å². The van der Waals surface area contributed by atoms with E-state index in [1.807, 2.05) is 20.8 Å². The van der Waals surface area contributed by atoms with Gasteiger partial charge < -0.3 is 20.5 Å². The van der Waals surface area contributed by atoms with Gasteiger partial charge in [0.2, 0.25) is 0 Å². The van der Waals surface area contributed by atoms with E-state index in [0.29, 0.717) is 23.1 Å². The van der Waals surface area contributed by atoms with Gasteiger partial charge in [0.15, 0.2) is 21.7 Å². The third-order valence-corrected chi connectivity index (χ3v) is 6.01. The fraction of sp³-hybridized carbons (Fsp3) is 0.400. The maximum Gasteiger partial charge on any atom is 0.361 e. The number of esters is 2. The number of nitrogens with zero attached hydrogens (tertiary/aromatic N) is 8. The van der Waals surface area contributed by atoms with Gasteiger partial charge in [-0.2, -0.15) is 0 Å². The molecule has 4 rings (SSSR count). The average Bonchev–Trinajstić information content (AvgIpc) is 2.97. The standard InChI is InChI=1S/C15H18ClN5O2.C8H13N3.C7H6Cl2N2O2/c1-5-23-13(22)12-9(8-10(16)20-21-12)18-11-6-7-17-14(19-11)15(2,3)4;1-8(2,3)7-10-5-4-6(9)11-7;1-2-13-7(12)6-4(8)3-5(9)10-11-6/h6-8H,5H2,1-4H3,(H,17,18,19,20);4-5H,1-3H3,(H2,9,10,11);3H,2H2,1H3. The van der Waals surface area contributed by atoms with Gasteiger partial charge in [-0.25, -0.2) is 29.5 Å². The van der Waals surface area contributed by atoms with Gasteiger partial charge in [-0.15, -0.1) is 20.4 Å². The molecule has 0 saturated carbocycles. The molecule has 252 valence electrons. The van der Waals surface area contributed by atoms with Gasteiger partial charge in [0.05, 0.1) is 23.9 Å². The molecule has 0 aliphatic carbocycles. The summed E-state index contributed by atoms with van der Waals surface area (Å²) < 4.78 is 9.65. The second-order valence-electron chi connectivity index (χ2n) is 11.4. The highest BCUT2D eigenvalue weighted by atomic mass is 35.5. The molecule has 14 nitrogen and oxygen atoms in total. The number of nitrogen functional groups attached to an aromatic ring is 1. The molecule has 0 amide bonds. The molecule has 4 heterocycles. The number of aromatic nitrogens is 8. The first kappa shape index (κ1) is 38.9. The lowest BCUT2D eigenvalue weighted by atomic mass is 9.96. The van der Waals surface area contributed by atoms with E-state index in [4.69, 9.17) is 45.3 Å². The van der Waals surface area contributed by atoms with Crippen molar-refractivity contribution in [2.45, 2.75) is 66.2 Å². The van der Waals surface area contributed by atoms with Crippen molar-refractivity contribution in [2.24, 2.45) is 0 Å². The van der Waals surface area contributed by atoms with Crippen molar-refractivity contribution >= 4 is 64.1 Å². The Kier molecular flexibility index (Phi) is 14.6. The number of ether oxygens (including phenoxy) is 2. The molecule has 0 unspecified atom stereocenters. The Morgan fingerprint density at radius 2 is 1.23 bits per heavy atom. The maximum absolute atomic E-state index is 12.0. The summed E-state index contributed by atoms with van der Waals surface area (Å²) in [6, 6.07) is 6.22. The lowest BCUT2D eigenvalue weighted by molar-refractivity contribution is 0.0509. The summed E-state index contributed by atoms with van der Waals surface area (Å²) in [5, 5.41) is 17.9. The molecule has 0 fully saturated rings. The second-order valence-corrected chi connectivity index (χ2v) is 12.6. The van der Waals surface area contributed by atoms with E-state index in [0.717, 1.165) is 5.82 Å². The Balaban J connectivity index is 0.000000270. The van der Waals surface area contributed by atoms with E-state index >= 15 is 0 Å². The molecular weight excluding hydrogens is 671 g/mol. The van der Waals surface area contributed by atoms with E-state index < -0.39 is 11.9 Å². The summed E-state index contributed by atoms with van der Waals surface area (Å²) >= 11 is 17.0. The van der Waals surface area contributed by atoms with Gasteiger partial charge in [-0.1, -0.05) is 76.3 Å². The van der Waals surface area contributed by atoms with Gasteiger partial charge in [-0.3, -0.25) is 0 Å². The molecule has 17 heteroatoms. The van der Waals surface area contributed by atoms with Crippen molar-refractivity contribution in [3.8, 4) is 0 Å². The van der Waals surface area contributed by atoms with Crippen LogP contribution in [0, 0.1) is 0 Å². The molecule has 47 heavy (non-hydrogen) atoms. The largest absolute Gasteiger partial charge is 0.461 e. The van der Waals surface area contributed by atoms with Crippen LogP contribution in [0.25, 0.3) is 0 Å². The van der Waals surface area contributed by atoms with Crippen molar-refractivity contribution in [3.05, 3.63) is 75.0 Å². The highest BCUT2D eigenvalue weighted by Crippen LogP contribution is 2.24. The first-order chi connectivity index (χ1) is 22.0. The Labute approximate surface area is 288 Å². The van der Waals surface area contributed by atoms with Gasteiger partial charge in [-0.05, 0) is 32.0 Å². The quantitative estimate of drug-likeness (QED) is 0.207. The van der Waals surface area contributed by atoms with Crippen molar-refractivity contribution in [2.75, 3.05) is 24.3 Å². The van der Waals surface area contributed by atoms with Crippen LogP contribution in [0.4, 0.5) is 17.3 Å². The summed E-state index contributed by atoms with van der Waals surface area (Å²) in [6.07, 6.45) is 3.33. The number of anilines is 3. The number of carbonyl (C=O) groups excluding carboxylic acids is 2. The van der Waals surface area contributed by atoms with E-state index in [1.165, 1.54) is 12.1 Å². The van der Waals surface area contributed by atoms with E-state index in [9.17, 15) is 9.59 Å². The van der Waals surface area contributed by atoms with Gasteiger partial charge in [0, 0.05) is 29.3 Å². The predicted molar refractivity (Wildman–Crippen MR) is 180 cm³/mol. The Hall–Kier alpha value is -4.27. The average molecular weight is 708 g/mol. The Morgan fingerprint density at radius 1 is 0.745 bits per heavy atom. The van der Waals surface area contributed by atoms with Crippen LogP contribution in [0.3, 0.4) is 0 Å². The molecule has 0 saturated heterocycles. The minimum atomic E-state index is -0.600. The summed E-state index contributed by atoms with van der Waals surface area (Å²) in [5.74, 6) is 1.34. The first-order valence-corrected chi connectivity index (χ1v) is 15.3. The zero-order valence-electron chi connectivity index (χ0n) is 27.3. The number of nitrogens with two attached hydrogens (primary N) is 1. The Bertz CT molecular complexity index is 1660. The molecule has 0 spiro atoms. The molecule has 0 atom stereocenters. The zero-order chi connectivity index (χ0) is 35.4. The van der Waals surface area contributed by atoms with E-state index in [2.05, 4.69) is 71.2 Å². The lowest BCUT2D eigenvalue weighted by Gasteiger charge is -2.17. The molecule has 0 radical (unpaired) electrons. The van der Waals surface area contributed by atoms with Crippen LogP contribution >= 0.6 is 34.8 Å². The molecule has 4 aromatic heterocycles. The van der Waals surface area contributed by atoms with Crippen molar-refractivity contribution in [1.82, 2.24) is 40.3 Å². The summed E-state index contributed by atoms with van der Waals surface area (Å²) in [6.45, 7) is 16.1. The molecule has 0 aromatic carbocycles. The number of carbonyl (C=O) groups is 2. The van der Waals surface area contributed by atoms with Crippen molar-refractivity contribution < 1.29 is 19.1 Å². The predicted octanol–water partition coefficient (Wildman–Crippen LogP) is 6.45. The summed E-state index contributed by atoms with van der Waals surface area (Å²) in [5.41, 5.74) is 5.69. The van der Waals surface area contributed by atoms with E-state index in [-0.39, 0.29) is 50.8 Å². The third kappa shape index (κ3) is 12.8. The minimum absolute atomic E-state index is 0.0185. The number of nitrogens with one attached hydrogen (secondary N) is 1. The molecule has 3 N–H and O–H groups in total. The highest BCUT2D eigenvalue weighted by molar-refractivity contribution is 6.35. The van der Waals surface area contributed by atoms with Crippen LogP contribution in [0.2, 0.25) is 15.3 Å². The molecule has 4 aromatic rings. The normalized spacial score (nSPS) is 10.9. The number of rotatable bonds is 6. The van der Waals surface area contributed by atoms with Gasteiger partial charge in [0.25, 0.3) is 0 Å². The minimum Gasteiger partial charge on any atom is -0.461 e. The molecule has 0 aliphatic rings. The van der Waals surface area contributed by atoms with Crippen LogP contribution in [-0.4, -0.2) is 65.5 Å². The molecule has 0 aliphatic heterocycles. The topological polar surface area (TPSA) is 194 Å². The number of hydrogen-bond acceptors (Lipinski definition) is 14. The maximum atomic E-state index is 12.0. The second kappa shape index (κ2) is 17.6. The summed E-state index contributed by atoms with van der Waals surface area (Å²) in [4.78, 5) is 40.0. The molecule has 0 bridgehead atoms. The van der Waals surface area contributed by atoms with Crippen molar-refractivity contribution in [3.63, 3.8) is 0 Å². The fourth-order valence-electron chi connectivity index (χ4n) is 3.16. The first-order valence-electron chi connectivity index (χ1n) is 14.2. The monoisotopic (exact) mass is 706 g/mol. The fourth-order valence-corrected chi connectivity index (χ4v) is 3.73. The molecular formula is C30H37Cl3N10O4. The van der Waals surface area contributed by atoms with Gasteiger partial charge >= 0.3 is 11.9 Å². The van der Waals surface area contributed by atoms with Gasteiger partial charge in [0.1, 0.15) is 23.3 Å². The van der Waals surface area contributed by atoms with E-state index in [1.54, 1.807) is 38.4 Å². The summed E-state index contributed by atoms with van der Waals surface area (Å²) in [7, 11) is 0. The van der Waals surface area contributed by atoms with Crippen molar-refractivity contribution in [1.29, 1.82) is 0 Å². The third-order valence-electron chi connectivity index (χ3n) is 5.36. The zero-order valence-corrected chi connectivity index (χ0v) is 29.6. The van der Waals surface area contributed by atoms with Crippen LogP contribution < -0.4 is 11.1 Å². The van der Waals surface area contributed by atoms with Crippen LogP contribution in [0.5, 0.6) is 0 Å². The highest BCUT2D eigenvalue weighted by Gasteiger charge is 2.20. The lowest BCUT2D eigenvalue weighted by Crippen LogP contribution is -2.17. The van der Waals surface area contributed by atoms with Crippen LogP contribution in [0.1, 0.15) is 88.0 Å². The van der Waals surface area contributed by atoms with Crippen LogP contribution in [0.15, 0.2) is 36.7 Å². The number of hydrogen-bond donors (Lipinski definition) is 2. The number of halogens is 3. The Morgan fingerprint density at radius 3 is 1.72 bits per heavy atom. The SMILES string of the molecule is CC(C)(C)c1nccc(N)n1.CCOC(=O)c1nnc(Cl)cc1Cl.CCOC(=O)c1nnc(Cl)cc1Nc1ccnc(C(C)(C)C)n1.